The zero-order valence-electron chi connectivity index (χ0n) is 11.2. The number of rotatable bonds is 3. The number of carbonyl (C=O) groups excluding carboxylic acids is 1. The van der Waals surface area contributed by atoms with Crippen molar-refractivity contribution >= 4 is 5.91 Å². The SMILES string of the molecule is CCCC1CCN(C(=O)C2NCCC2C)CC1. The maximum atomic E-state index is 12.3. The van der Waals surface area contributed by atoms with Gasteiger partial charge in [-0.2, -0.15) is 0 Å². The molecule has 1 N–H and O–H groups in total. The fourth-order valence-corrected chi connectivity index (χ4v) is 3.21. The molecule has 2 fully saturated rings. The summed E-state index contributed by atoms with van der Waals surface area (Å²) >= 11 is 0. The van der Waals surface area contributed by atoms with Crippen molar-refractivity contribution in [2.75, 3.05) is 19.6 Å². The van der Waals surface area contributed by atoms with Gasteiger partial charge < -0.3 is 10.2 Å². The highest BCUT2D eigenvalue weighted by Gasteiger charge is 2.33. The lowest BCUT2D eigenvalue weighted by atomic mass is 9.91. The standard InChI is InChI=1S/C14H26N2O/c1-3-4-12-6-9-16(10-7-12)14(17)13-11(2)5-8-15-13/h11-13,15H,3-10H2,1-2H3. The van der Waals surface area contributed by atoms with Gasteiger partial charge in [0.1, 0.15) is 0 Å². The summed E-state index contributed by atoms with van der Waals surface area (Å²) in [4.78, 5) is 14.4. The summed E-state index contributed by atoms with van der Waals surface area (Å²) in [7, 11) is 0. The van der Waals surface area contributed by atoms with Crippen LogP contribution in [0.2, 0.25) is 0 Å². The summed E-state index contributed by atoms with van der Waals surface area (Å²) in [6.45, 7) is 7.40. The molecule has 0 saturated carbocycles. The van der Waals surface area contributed by atoms with E-state index >= 15 is 0 Å². The molecule has 0 aromatic heterocycles. The molecule has 3 nitrogen and oxygen atoms in total. The number of hydrogen-bond donors (Lipinski definition) is 1. The zero-order chi connectivity index (χ0) is 12.3. The quantitative estimate of drug-likeness (QED) is 0.816. The van der Waals surface area contributed by atoms with Crippen LogP contribution >= 0.6 is 0 Å². The molecule has 0 aromatic carbocycles. The van der Waals surface area contributed by atoms with E-state index in [1.807, 2.05) is 0 Å². The normalized spacial score (nSPS) is 30.8. The number of likely N-dealkylation sites (tertiary alicyclic amines) is 1. The lowest BCUT2D eigenvalue weighted by Crippen LogP contribution is -2.48. The molecule has 3 heteroatoms. The molecule has 0 aliphatic carbocycles. The van der Waals surface area contributed by atoms with Crippen LogP contribution in [-0.4, -0.2) is 36.5 Å². The third-order valence-electron chi connectivity index (χ3n) is 4.42. The lowest BCUT2D eigenvalue weighted by Gasteiger charge is -2.34. The number of hydrogen-bond acceptors (Lipinski definition) is 2. The summed E-state index contributed by atoms with van der Waals surface area (Å²) < 4.78 is 0. The molecule has 2 saturated heterocycles. The molecule has 2 rings (SSSR count). The van der Waals surface area contributed by atoms with Crippen molar-refractivity contribution in [2.45, 2.75) is 52.0 Å². The molecular weight excluding hydrogens is 212 g/mol. The van der Waals surface area contributed by atoms with Crippen LogP contribution in [0.1, 0.15) is 46.0 Å². The van der Waals surface area contributed by atoms with Gasteiger partial charge in [-0.1, -0.05) is 26.7 Å². The molecule has 98 valence electrons. The summed E-state index contributed by atoms with van der Waals surface area (Å²) in [6, 6.07) is 0.0951. The van der Waals surface area contributed by atoms with Gasteiger partial charge in [-0.05, 0) is 37.6 Å². The average molecular weight is 238 g/mol. The molecular formula is C14H26N2O. The lowest BCUT2D eigenvalue weighted by molar-refractivity contribution is -0.135. The Morgan fingerprint density at radius 2 is 2.00 bits per heavy atom. The van der Waals surface area contributed by atoms with Crippen molar-refractivity contribution in [1.82, 2.24) is 10.2 Å². The molecule has 1 amide bonds. The first-order valence-electron chi connectivity index (χ1n) is 7.24. The Labute approximate surface area is 105 Å². The largest absolute Gasteiger partial charge is 0.341 e. The van der Waals surface area contributed by atoms with Crippen LogP contribution < -0.4 is 5.32 Å². The Hall–Kier alpha value is -0.570. The average Bonchev–Trinajstić information content (AvgIpc) is 2.76. The van der Waals surface area contributed by atoms with E-state index < -0.39 is 0 Å². The van der Waals surface area contributed by atoms with Crippen molar-refractivity contribution in [3.63, 3.8) is 0 Å². The van der Waals surface area contributed by atoms with E-state index in [1.54, 1.807) is 0 Å². The van der Waals surface area contributed by atoms with Gasteiger partial charge >= 0.3 is 0 Å². The molecule has 17 heavy (non-hydrogen) atoms. The number of carbonyl (C=O) groups is 1. The van der Waals surface area contributed by atoms with Crippen molar-refractivity contribution in [3.05, 3.63) is 0 Å². The first kappa shape index (κ1) is 12.9. The number of piperidine rings is 1. The monoisotopic (exact) mass is 238 g/mol. The van der Waals surface area contributed by atoms with Crippen LogP contribution in [0.3, 0.4) is 0 Å². The van der Waals surface area contributed by atoms with Crippen LogP contribution in [0.4, 0.5) is 0 Å². The van der Waals surface area contributed by atoms with Crippen LogP contribution in [0.15, 0.2) is 0 Å². The van der Waals surface area contributed by atoms with Crippen molar-refractivity contribution in [1.29, 1.82) is 0 Å². The molecule has 0 aromatic rings. The molecule has 2 heterocycles. The van der Waals surface area contributed by atoms with Crippen molar-refractivity contribution in [2.24, 2.45) is 11.8 Å². The van der Waals surface area contributed by atoms with E-state index in [2.05, 4.69) is 24.1 Å². The highest BCUT2D eigenvalue weighted by molar-refractivity contribution is 5.82. The van der Waals surface area contributed by atoms with E-state index in [4.69, 9.17) is 0 Å². The minimum atomic E-state index is 0.0951. The maximum absolute atomic E-state index is 12.3. The molecule has 2 aliphatic rings. The molecule has 2 atom stereocenters. The van der Waals surface area contributed by atoms with Gasteiger partial charge in [-0.3, -0.25) is 4.79 Å². The van der Waals surface area contributed by atoms with E-state index in [0.717, 1.165) is 32.0 Å². The number of nitrogens with zero attached hydrogens (tertiary/aromatic N) is 1. The Bertz CT molecular complexity index is 259. The Morgan fingerprint density at radius 3 is 2.53 bits per heavy atom. The van der Waals surface area contributed by atoms with Crippen LogP contribution in [0, 0.1) is 11.8 Å². The van der Waals surface area contributed by atoms with Crippen LogP contribution in [0.25, 0.3) is 0 Å². The van der Waals surface area contributed by atoms with E-state index in [0.29, 0.717) is 11.8 Å². The zero-order valence-corrected chi connectivity index (χ0v) is 11.2. The third kappa shape index (κ3) is 3.01. The highest BCUT2D eigenvalue weighted by Crippen LogP contribution is 2.24. The van der Waals surface area contributed by atoms with E-state index in [-0.39, 0.29) is 6.04 Å². The third-order valence-corrected chi connectivity index (χ3v) is 4.42. The molecule has 2 unspecified atom stereocenters. The summed E-state index contributed by atoms with van der Waals surface area (Å²) in [5.74, 6) is 1.72. The van der Waals surface area contributed by atoms with Crippen molar-refractivity contribution < 1.29 is 4.79 Å². The van der Waals surface area contributed by atoms with Gasteiger partial charge in [0.2, 0.25) is 5.91 Å². The van der Waals surface area contributed by atoms with Gasteiger partial charge in [0.15, 0.2) is 0 Å². The van der Waals surface area contributed by atoms with Gasteiger partial charge in [-0.15, -0.1) is 0 Å². The molecule has 0 radical (unpaired) electrons. The van der Waals surface area contributed by atoms with Gasteiger partial charge in [0.05, 0.1) is 6.04 Å². The second kappa shape index (κ2) is 5.85. The second-order valence-electron chi connectivity index (χ2n) is 5.76. The summed E-state index contributed by atoms with van der Waals surface area (Å²) in [5, 5.41) is 3.35. The topological polar surface area (TPSA) is 32.3 Å². The van der Waals surface area contributed by atoms with Gasteiger partial charge in [0.25, 0.3) is 0 Å². The first-order valence-corrected chi connectivity index (χ1v) is 7.24. The van der Waals surface area contributed by atoms with Crippen LogP contribution in [-0.2, 0) is 4.79 Å². The highest BCUT2D eigenvalue weighted by atomic mass is 16.2. The van der Waals surface area contributed by atoms with E-state index in [1.165, 1.54) is 25.7 Å². The maximum Gasteiger partial charge on any atom is 0.239 e. The summed E-state index contributed by atoms with van der Waals surface area (Å²) in [5.41, 5.74) is 0. The molecule has 0 spiro atoms. The van der Waals surface area contributed by atoms with Gasteiger partial charge in [0, 0.05) is 13.1 Å². The van der Waals surface area contributed by atoms with E-state index in [9.17, 15) is 4.79 Å². The second-order valence-corrected chi connectivity index (χ2v) is 5.76. The molecule has 2 aliphatic heterocycles. The Morgan fingerprint density at radius 1 is 1.29 bits per heavy atom. The van der Waals surface area contributed by atoms with Gasteiger partial charge in [-0.25, -0.2) is 0 Å². The fourth-order valence-electron chi connectivity index (χ4n) is 3.21. The fraction of sp³-hybridized carbons (Fsp3) is 0.929. The number of amides is 1. The first-order chi connectivity index (χ1) is 8.22. The predicted octanol–water partition coefficient (Wildman–Crippen LogP) is 2.02. The predicted molar refractivity (Wildman–Crippen MR) is 69.8 cm³/mol. The Balaban J connectivity index is 1.82. The Kier molecular flexibility index (Phi) is 4.43. The number of nitrogens with one attached hydrogen (secondary N) is 1. The smallest absolute Gasteiger partial charge is 0.239 e. The molecule has 0 bridgehead atoms. The minimum absolute atomic E-state index is 0.0951. The van der Waals surface area contributed by atoms with Crippen molar-refractivity contribution in [3.8, 4) is 0 Å². The van der Waals surface area contributed by atoms with Crippen LogP contribution in [0.5, 0.6) is 0 Å². The summed E-state index contributed by atoms with van der Waals surface area (Å²) in [6.07, 6.45) is 6.17. The minimum Gasteiger partial charge on any atom is -0.341 e.